The minimum absolute atomic E-state index is 0.154. The predicted molar refractivity (Wildman–Crippen MR) is 112 cm³/mol. The summed E-state index contributed by atoms with van der Waals surface area (Å²) in [5.41, 5.74) is 3.87. The Hall–Kier alpha value is -2.60. The van der Waals surface area contributed by atoms with E-state index < -0.39 is 0 Å². The lowest BCUT2D eigenvalue weighted by molar-refractivity contribution is -0.114. The van der Waals surface area contributed by atoms with E-state index in [4.69, 9.17) is 9.47 Å². The van der Waals surface area contributed by atoms with Crippen LogP contribution in [0.3, 0.4) is 0 Å². The van der Waals surface area contributed by atoms with Crippen LogP contribution in [0.5, 0.6) is 11.5 Å². The highest BCUT2D eigenvalue weighted by Gasteiger charge is 2.29. The van der Waals surface area contributed by atoms with E-state index in [0.717, 1.165) is 21.3 Å². The van der Waals surface area contributed by atoms with Crippen molar-refractivity contribution in [1.82, 2.24) is 0 Å². The molecule has 0 aromatic heterocycles. The second-order valence-electron chi connectivity index (χ2n) is 6.16. The first-order valence-electron chi connectivity index (χ1n) is 8.63. The fourth-order valence-electron chi connectivity index (χ4n) is 2.86. The second kappa shape index (κ2) is 7.96. The molecule has 0 atom stereocenters. The predicted octanol–water partition coefficient (Wildman–Crippen LogP) is 4.97. The van der Waals surface area contributed by atoms with Crippen LogP contribution in [0.2, 0.25) is 0 Å². The van der Waals surface area contributed by atoms with E-state index in [9.17, 15) is 4.79 Å². The summed E-state index contributed by atoms with van der Waals surface area (Å²) in [7, 11) is 1.60. The third kappa shape index (κ3) is 3.90. The molecule has 0 saturated heterocycles. The van der Waals surface area contributed by atoms with Gasteiger partial charge in [0.2, 0.25) is 0 Å². The molecule has 1 aliphatic rings. The zero-order valence-electron chi connectivity index (χ0n) is 15.7. The molecular weight excluding hydrogens is 408 g/mol. The van der Waals surface area contributed by atoms with Crippen molar-refractivity contribution >= 4 is 39.3 Å². The lowest BCUT2D eigenvalue weighted by Gasteiger charge is -2.13. The molecule has 0 bridgehead atoms. The lowest BCUT2D eigenvalue weighted by atomic mass is 10.1. The number of hydrogen-bond donors (Lipinski definition) is 0. The number of carbonyl (C=O) groups is 1. The van der Waals surface area contributed by atoms with Gasteiger partial charge < -0.3 is 9.47 Å². The van der Waals surface area contributed by atoms with Crippen molar-refractivity contribution in [2.75, 3.05) is 18.7 Å². The second-order valence-corrected chi connectivity index (χ2v) is 7.01. The third-order valence-electron chi connectivity index (χ3n) is 4.19. The van der Waals surface area contributed by atoms with Gasteiger partial charge in [0.25, 0.3) is 5.91 Å². The maximum Gasteiger partial charge on any atom is 0.280 e. The van der Waals surface area contributed by atoms with Gasteiger partial charge in [0.15, 0.2) is 11.5 Å². The lowest BCUT2D eigenvalue weighted by Crippen LogP contribution is -2.21. The van der Waals surface area contributed by atoms with Crippen molar-refractivity contribution in [3.63, 3.8) is 0 Å². The smallest absolute Gasteiger partial charge is 0.280 e. The molecule has 0 spiro atoms. The van der Waals surface area contributed by atoms with Gasteiger partial charge in [-0.1, -0.05) is 28.1 Å². The van der Waals surface area contributed by atoms with Gasteiger partial charge in [-0.3, -0.25) is 4.79 Å². The topological polar surface area (TPSA) is 51.1 Å². The van der Waals surface area contributed by atoms with Gasteiger partial charge in [-0.2, -0.15) is 10.1 Å². The SMILES string of the molecule is CCOc1cc(/C=C2/C(=O)N(c3cccc(C)c3)N=C2C)c(Br)cc1OC. The van der Waals surface area contributed by atoms with Gasteiger partial charge in [0.05, 0.1) is 30.7 Å². The van der Waals surface area contributed by atoms with E-state index in [0.29, 0.717) is 29.4 Å². The maximum atomic E-state index is 12.9. The van der Waals surface area contributed by atoms with Gasteiger partial charge in [-0.25, -0.2) is 0 Å². The van der Waals surface area contributed by atoms with E-state index in [1.165, 1.54) is 5.01 Å². The third-order valence-corrected chi connectivity index (χ3v) is 4.88. The first-order valence-corrected chi connectivity index (χ1v) is 9.42. The van der Waals surface area contributed by atoms with E-state index in [1.54, 1.807) is 7.11 Å². The fourth-order valence-corrected chi connectivity index (χ4v) is 3.30. The summed E-state index contributed by atoms with van der Waals surface area (Å²) in [5.74, 6) is 1.11. The van der Waals surface area contributed by atoms with Crippen LogP contribution in [-0.4, -0.2) is 25.3 Å². The monoisotopic (exact) mass is 428 g/mol. The zero-order valence-corrected chi connectivity index (χ0v) is 17.3. The van der Waals surface area contributed by atoms with Crippen molar-refractivity contribution in [3.8, 4) is 11.5 Å². The minimum atomic E-state index is -0.154. The van der Waals surface area contributed by atoms with Crippen molar-refractivity contribution in [2.24, 2.45) is 5.10 Å². The number of rotatable bonds is 5. The standard InChI is InChI=1S/C21H21BrN2O3/c1-5-27-20-11-15(18(22)12-19(20)26-4)10-17-14(3)23-24(21(17)25)16-8-6-7-13(2)9-16/h6-12H,5H2,1-4H3/b17-10+. The molecule has 2 aromatic rings. The Morgan fingerprint density at radius 2 is 1.96 bits per heavy atom. The molecule has 6 heteroatoms. The molecule has 0 aliphatic carbocycles. The molecule has 0 unspecified atom stereocenters. The molecule has 0 fully saturated rings. The number of nitrogens with zero attached hydrogens (tertiary/aromatic N) is 2. The highest BCUT2D eigenvalue weighted by atomic mass is 79.9. The number of hydrazone groups is 1. The Morgan fingerprint density at radius 3 is 2.63 bits per heavy atom. The first kappa shape index (κ1) is 19.2. The number of methoxy groups -OCH3 is 1. The highest BCUT2D eigenvalue weighted by molar-refractivity contribution is 9.10. The van der Waals surface area contributed by atoms with Crippen LogP contribution in [0.25, 0.3) is 6.08 Å². The number of carbonyl (C=O) groups excluding carboxylic acids is 1. The average molecular weight is 429 g/mol. The van der Waals surface area contributed by atoms with E-state index in [-0.39, 0.29) is 5.91 Å². The number of hydrogen-bond acceptors (Lipinski definition) is 4. The number of ether oxygens (including phenoxy) is 2. The zero-order chi connectivity index (χ0) is 19.6. The molecule has 27 heavy (non-hydrogen) atoms. The van der Waals surface area contributed by atoms with Crippen LogP contribution in [-0.2, 0) is 4.79 Å². The van der Waals surface area contributed by atoms with Crippen molar-refractivity contribution < 1.29 is 14.3 Å². The Bertz CT molecular complexity index is 950. The Labute approximate surface area is 167 Å². The largest absolute Gasteiger partial charge is 0.493 e. The molecule has 0 radical (unpaired) electrons. The van der Waals surface area contributed by atoms with Crippen LogP contribution in [0.4, 0.5) is 5.69 Å². The first-order chi connectivity index (χ1) is 12.9. The Morgan fingerprint density at radius 1 is 1.19 bits per heavy atom. The Balaban J connectivity index is 1.99. The molecule has 0 saturated carbocycles. The average Bonchev–Trinajstić information content (AvgIpc) is 2.92. The fraction of sp³-hybridized carbons (Fsp3) is 0.238. The summed E-state index contributed by atoms with van der Waals surface area (Å²) in [5, 5.41) is 5.88. The highest BCUT2D eigenvalue weighted by Crippen LogP contribution is 2.35. The van der Waals surface area contributed by atoms with Gasteiger partial charge in [0, 0.05) is 4.47 Å². The summed E-state index contributed by atoms with van der Waals surface area (Å²) in [6.45, 7) is 6.26. The van der Waals surface area contributed by atoms with E-state index >= 15 is 0 Å². The van der Waals surface area contributed by atoms with Gasteiger partial charge in [0.1, 0.15) is 0 Å². The number of benzene rings is 2. The summed E-state index contributed by atoms with van der Waals surface area (Å²) in [4.78, 5) is 12.9. The van der Waals surface area contributed by atoms with Crippen LogP contribution < -0.4 is 14.5 Å². The normalized spacial score (nSPS) is 15.3. The molecule has 0 N–H and O–H groups in total. The van der Waals surface area contributed by atoms with E-state index in [2.05, 4.69) is 21.0 Å². The summed E-state index contributed by atoms with van der Waals surface area (Å²) >= 11 is 3.55. The molecule has 5 nitrogen and oxygen atoms in total. The molecule has 2 aromatic carbocycles. The van der Waals surface area contributed by atoms with Gasteiger partial charge >= 0.3 is 0 Å². The van der Waals surface area contributed by atoms with Crippen LogP contribution in [0.15, 0.2) is 51.5 Å². The minimum Gasteiger partial charge on any atom is -0.493 e. The van der Waals surface area contributed by atoms with Crippen LogP contribution in [0, 0.1) is 6.92 Å². The summed E-state index contributed by atoms with van der Waals surface area (Å²) in [6, 6.07) is 11.4. The number of halogens is 1. The van der Waals surface area contributed by atoms with Crippen molar-refractivity contribution in [3.05, 3.63) is 57.6 Å². The molecule has 140 valence electrons. The molecule has 1 amide bonds. The van der Waals surface area contributed by atoms with Gasteiger partial charge in [-0.15, -0.1) is 0 Å². The quantitative estimate of drug-likeness (QED) is 0.631. The van der Waals surface area contributed by atoms with Crippen molar-refractivity contribution in [1.29, 1.82) is 0 Å². The Kier molecular flexibility index (Phi) is 5.65. The molecule has 1 aliphatic heterocycles. The maximum absolute atomic E-state index is 12.9. The number of anilines is 1. The van der Waals surface area contributed by atoms with Crippen molar-refractivity contribution in [2.45, 2.75) is 20.8 Å². The molecular formula is C21H21BrN2O3. The summed E-state index contributed by atoms with van der Waals surface area (Å²) in [6.07, 6.45) is 1.82. The van der Waals surface area contributed by atoms with Crippen LogP contribution >= 0.6 is 15.9 Å². The van der Waals surface area contributed by atoms with Gasteiger partial charge in [-0.05, 0) is 62.2 Å². The molecule has 3 rings (SSSR count). The van der Waals surface area contributed by atoms with Crippen LogP contribution in [0.1, 0.15) is 25.0 Å². The summed E-state index contributed by atoms with van der Waals surface area (Å²) < 4.78 is 11.8. The van der Waals surface area contributed by atoms with E-state index in [1.807, 2.05) is 63.2 Å². The number of amides is 1. The molecule has 1 heterocycles. The number of aryl methyl sites for hydroxylation is 1.